The van der Waals surface area contributed by atoms with Gasteiger partial charge in [-0.25, -0.2) is 0 Å². The highest BCUT2D eigenvalue weighted by molar-refractivity contribution is 6.18. The fourth-order valence-electron chi connectivity index (χ4n) is 2.09. The van der Waals surface area contributed by atoms with Gasteiger partial charge in [-0.15, -0.1) is 11.6 Å². The Bertz CT molecular complexity index is 303. The topological polar surface area (TPSA) is 17.8 Å². The molecule has 0 aromatic carbocycles. The van der Waals surface area contributed by atoms with E-state index in [1.54, 1.807) is 0 Å². The molecular formula is C13H23ClN2. The molecule has 1 aromatic rings. The average molecular weight is 243 g/mol. The second-order valence-electron chi connectivity index (χ2n) is 4.75. The van der Waals surface area contributed by atoms with Crippen LogP contribution in [-0.4, -0.2) is 15.7 Å². The Morgan fingerprint density at radius 1 is 1.44 bits per heavy atom. The van der Waals surface area contributed by atoms with Crippen molar-refractivity contribution in [2.45, 2.75) is 46.0 Å². The molecule has 0 N–H and O–H groups in total. The number of rotatable bonds is 7. The van der Waals surface area contributed by atoms with Gasteiger partial charge in [-0.2, -0.15) is 5.10 Å². The summed E-state index contributed by atoms with van der Waals surface area (Å²) in [6.45, 7) is 4.47. The molecule has 3 heteroatoms. The minimum absolute atomic E-state index is 0.242. The molecule has 16 heavy (non-hydrogen) atoms. The molecule has 1 heterocycles. The van der Waals surface area contributed by atoms with Crippen LogP contribution in [-0.2, 0) is 13.5 Å². The van der Waals surface area contributed by atoms with Crippen LogP contribution in [0.4, 0.5) is 0 Å². The average Bonchev–Trinajstić information content (AvgIpc) is 2.70. The molecule has 0 aliphatic heterocycles. The van der Waals surface area contributed by atoms with Crippen molar-refractivity contribution in [1.29, 1.82) is 0 Å². The Kier molecular flexibility index (Phi) is 5.33. The highest BCUT2D eigenvalue weighted by atomic mass is 35.5. The van der Waals surface area contributed by atoms with Crippen LogP contribution in [0.5, 0.6) is 0 Å². The van der Waals surface area contributed by atoms with Gasteiger partial charge in [0.15, 0.2) is 0 Å². The minimum atomic E-state index is 0.242. The molecule has 1 aromatic heterocycles. The molecule has 1 atom stereocenters. The van der Waals surface area contributed by atoms with Gasteiger partial charge in [0.05, 0.1) is 5.69 Å². The molecular weight excluding hydrogens is 220 g/mol. The van der Waals surface area contributed by atoms with Crippen LogP contribution in [0.15, 0.2) is 12.3 Å². The maximum atomic E-state index is 6.18. The third kappa shape index (κ3) is 3.51. The Morgan fingerprint density at radius 2 is 2.19 bits per heavy atom. The van der Waals surface area contributed by atoms with Crippen molar-refractivity contribution >= 4 is 11.6 Å². The lowest BCUT2D eigenvalue weighted by molar-refractivity contribution is 0.276. The Morgan fingerprint density at radius 3 is 2.62 bits per heavy atom. The van der Waals surface area contributed by atoms with E-state index >= 15 is 0 Å². The molecule has 0 saturated carbocycles. The molecule has 92 valence electrons. The first-order valence-corrected chi connectivity index (χ1v) is 6.73. The highest BCUT2D eigenvalue weighted by Gasteiger charge is 2.27. The van der Waals surface area contributed by atoms with E-state index in [-0.39, 0.29) is 5.41 Å². The molecule has 1 rings (SSSR count). The SMILES string of the molecule is CCCCC(CC)(CCl)Cc1ccn(C)n1. The van der Waals surface area contributed by atoms with Crippen molar-refractivity contribution in [3.05, 3.63) is 18.0 Å². The van der Waals surface area contributed by atoms with Gasteiger partial charge < -0.3 is 0 Å². The Balaban J connectivity index is 2.69. The maximum Gasteiger partial charge on any atom is 0.0630 e. The maximum absolute atomic E-state index is 6.18. The van der Waals surface area contributed by atoms with Gasteiger partial charge in [0, 0.05) is 19.1 Å². The van der Waals surface area contributed by atoms with Crippen LogP contribution in [0.2, 0.25) is 0 Å². The number of alkyl halides is 1. The van der Waals surface area contributed by atoms with Gasteiger partial charge in [-0.3, -0.25) is 4.68 Å². The summed E-state index contributed by atoms with van der Waals surface area (Å²) in [7, 11) is 1.96. The van der Waals surface area contributed by atoms with Gasteiger partial charge in [-0.05, 0) is 30.7 Å². The molecule has 0 spiro atoms. The third-order valence-corrected chi connectivity index (χ3v) is 3.99. The number of hydrogen-bond donors (Lipinski definition) is 0. The Labute approximate surface area is 104 Å². The number of hydrogen-bond acceptors (Lipinski definition) is 1. The molecule has 2 nitrogen and oxygen atoms in total. The van der Waals surface area contributed by atoms with E-state index in [1.165, 1.54) is 25.0 Å². The van der Waals surface area contributed by atoms with E-state index < -0.39 is 0 Å². The highest BCUT2D eigenvalue weighted by Crippen LogP contribution is 2.33. The van der Waals surface area contributed by atoms with Gasteiger partial charge >= 0.3 is 0 Å². The largest absolute Gasteiger partial charge is 0.276 e. The molecule has 0 saturated heterocycles. The Hall–Kier alpha value is -0.500. The molecule has 0 radical (unpaired) electrons. The smallest absolute Gasteiger partial charge is 0.0630 e. The van der Waals surface area contributed by atoms with Crippen molar-refractivity contribution in [1.82, 2.24) is 9.78 Å². The standard InChI is InChI=1S/C13H23ClN2/c1-4-6-8-13(5-2,11-14)10-12-7-9-16(3)15-12/h7,9H,4-6,8,10-11H2,1-3H3. The first kappa shape index (κ1) is 13.6. The van der Waals surface area contributed by atoms with Crippen LogP contribution < -0.4 is 0 Å². The quantitative estimate of drug-likeness (QED) is 0.666. The molecule has 0 bridgehead atoms. The van der Waals surface area contributed by atoms with Crippen molar-refractivity contribution < 1.29 is 0 Å². The zero-order chi connectivity index (χ0) is 12.0. The molecule has 0 amide bonds. The summed E-state index contributed by atoms with van der Waals surface area (Å²) in [5.74, 6) is 0.736. The van der Waals surface area contributed by atoms with Crippen molar-refractivity contribution in [3.63, 3.8) is 0 Å². The van der Waals surface area contributed by atoms with Gasteiger partial charge in [-0.1, -0.05) is 26.7 Å². The second kappa shape index (κ2) is 6.29. The predicted octanol–water partition coefficient (Wildman–Crippen LogP) is 3.79. The van der Waals surface area contributed by atoms with E-state index in [2.05, 4.69) is 25.0 Å². The van der Waals surface area contributed by atoms with Crippen molar-refractivity contribution in [2.24, 2.45) is 12.5 Å². The summed E-state index contributed by atoms with van der Waals surface area (Å²) in [5.41, 5.74) is 1.41. The van der Waals surface area contributed by atoms with E-state index in [0.29, 0.717) is 0 Å². The first-order chi connectivity index (χ1) is 7.65. The summed E-state index contributed by atoms with van der Waals surface area (Å²) in [5, 5.41) is 4.46. The fourth-order valence-corrected chi connectivity index (χ4v) is 2.51. The van der Waals surface area contributed by atoms with E-state index in [9.17, 15) is 0 Å². The minimum Gasteiger partial charge on any atom is -0.276 e. The summed E-state index contributed by atoms with van der Waals surface area (Å²) in [4.78, 5) is 0. The zero-order valence-electron chi connectivity index (χ0n) is 10.7. The molecule has 1 unspecified atom stereocenters. The van der Waals surface area contributed by atoms with Crippen LogP contribution in [0.3, 0.4) is 0 Å². The number of aryl methyl sites for hydroxylation is 1. The number of halogens is 1. The second-order valence-corrected chi connectivity index (χ2v) is 5.02. The number of aromatic nitrogens is 2. The van der Waals surface area contributed by atoms with Crippen LogP contribution >= 0.6 is 11.6 Å². The number of nitrogens with zero attached hydrogens (tertiary/aromatic N) is 2. The van der Waals surface area contributed by atoms with Crippen LogP contribution in [0.25, 0.3) is 0 Å². The van der Waals surface area contributed by atoms with E-state index in [4.69, 9.17) is 11.6 Å². The van der Waals surface area contributed by atoms with Crippen molar-refractivity contribution in [3.8, 4) is 0 Å². The monoisotopic (exact) mass is 242 g/mol. The molecule has 0 fully saturated rings. The molecule has 0 aliphatic rings. The zero-order valence-corrected chi connectivity index (χ0v) is 11.4. The van der Waals surface area contributed by atoms with Crippen LogP contribution in [0, 0.1) is 5.41 Å². The van der Waals surface area contributed by atoms with Gasteiger partial charge in [0.1, 0.15) is 0 Å². The lowest BCUT2D eigenvalue weighted by Crippen LogP contribution is -2.25. The summed E-state index contributed by atoms with van der Waals surface area (Å²) < 4.78 is 1.86. The van der Waals surface area contributed by atoms with Gasteiger partial charge in [0.25, 0.3) is 0 Å². The number of unbranched alkanes of at least 4 members (excludes halogenated alkanes) is 1. The predicted molar refractivity (Wildman–Crippen MR) is 69.9 cm³/mol. The lowest BCUT2D eigenvalue weighted by Gasteiger charge is -2.30. The van der Waals surface area contributed by atoms with Crippen molar-refractivity contribution in [2.75, 3.05) is 5.88 Å². The third-order valence-electron chi connectivity index (χ3n) is 3.42. The van der Waals surface area contributed by atoms with Gasteiger partial charge in [0.2, 0.25) is 0 Å². The normalized spacial score (nSPS) is 15.0. The first-order valence-electron chi connectivity index (χ1n) is 6.20. The van der Waals surface area contributed by atoms with Crippen LogP contribution in [0.1, 0.15) is 45.2 Å². The molecule has 0 aliphatic carbocycles. The summed E-state index contributed by atoms with van der Waals surface area (Å²) in [6.07, 6.45) is 7.85. The van der Waals surface area contributed by atoms with E-state index in [0.717, 1.165) is 18.7 Å². The summed E-state index contributed by atoms with van der Waals surface area (Å²) >= 11 is 6.18. The fraction of sp³-hybridized carbons (Fsp3) is 0.769. The summed E-state index contributed by atoms with van der Waals surface area (Å²) in [6, 6.07) is 2.10. The van der Waals surface area contributed by atoms with E-state index in [1.807, 2.05) is 17.9 Å². The lowest BCUT2D eigenvalue weighted by atomic mass is 9.78.